The van der Waals surface area contributed by atoms with Gasteiger partial charge in [0.1, 0.15) is 5.69 Å². The molecule has 21 heavy (non-hydrogen) atoms. The van der Waals surface area contributed by atoms with E-state index in [-0.39, 0.29) is 17.2 Å². The summed E-state index contributed by atoms with van der Waals surface area (Å²) in [7, 11) is 0. The molecule has 1 amide bonds. The van der Waals surface area contributed by atoms with Gasteiger partial charge in [0.2, 0.25) is 0 Å². The summed E-state index contributed by atoms with van der Waals surface area (Å²) in [5.74, 6) is 5.35. The maximum atomic E-state index is 11.8. The van der Waals surface area contributed by atoms with Crippen molar-refractivity contribution in [1.82, 2.24) is 15.3 Å². The Hall–Kier alpha value is -2.91. The Morgan fingerprint density at radius 1 is 1.43 bits per heavy atom. The van der Waals surface area contributed by atoms with Crippen molar-refractivity contribution in [2.75, 3.05) is 6.54 Å². The molecule has 1 heterocycles. The third kappa shape index (κ3) is 4.30. The number of nitrogens with one attached hydrogen (secondary N) is 2. The Kier molecular flexibility index (Phi) is 4.85. The molecule has 6 heteroatoms. The molecule has 0 spiro atoms. The van der Waals surface area contributed by atoms with Crippen LogP contribution in [0.5, 0.6) is 0 Å². The topological polar surface area (TPSA) is 101 Å². The Morgan fingerprint density at radius 2 is 2.29 bits per heavy atom. The molecule has 2 rings (SSSR count). The number of aromatic amines is 1. The lowest BCUT2D eigenvalue weighted by Crippen LogP contribution is -2.25. The number of nitrogens with zero attached hydrogens (tertiary/aromatic N) is 1. The molecule has 0 radical (unpaired) electrons. The van der Waals surface area contributed by atoms with Gasteiger partial charge in [-0.25, -0.2) is 4.98 Å². The average Bonchev–Trinajstić information content (AvgIpc) is 2.52. The van der Waals surface area contributed by atoms with Crippen molar-refractivity contribution in [1.29, 1.82) is 0 Å². The fourth-order valence-corrected chi connectivity index (χ4v) is 1.65. The van der Waals surface area contributed by atoms with Crippen molar-refractivity contribution < 1.29 is 4.79 Å². The summed E-state index contributed by atoms with van der Waals surface area (Å²) in [6, 6.07) is 7.50. The van der Waals surface area contributed by atoms with Crippen LogP contribution in [0.15, 0.2) is 41.5 Å². The van der Waals surface area contributed by atoms with E-state index in [0.717, 1.165) is 17.3 Å². The fraction of sp³-hybridized carbons (Fsp3) is 0.133. The summed E-state index contributed by atoms with van der Waals surface area (Å²) >= 11 is 0. The van der Waals surface area contributed by atoms with Crippen LogP contribution < -0.4 is 16.6 Å². The first-order chi connectivity index (χ1) is 10.2. The van der Waals surface area contributed by atoms with Crippen LogP contribution >= 0.6 is 0 Å². The molecule has 4 N–H and O–H groups in total. The molecule has 0 atom stereocenters. The summed E-state index contributed by atoms with van der Waals surface area (Å²) in [6.07, 6.45) is 2.35. The smallest absolute Gasteiger partial charge is 0.271 e. The van der Waals surface area contributed by atoms with E-state index in [9.17, 15) is 9.59 Å². The molecule has 0 aliphatic carbocycles. The highest BCUT2D eigenvalue weighted by Crippen LogP contribution is 2.04. The zero-order valence-electron chi connectivity index (χ0n) is 11.2. The molecule has 0 aliphatic heterocycles. The Balaban J connectivity index is 2.01. The maximum absolute atomic E-state index is 11.8. The molecule has 0 bridgehead atoms. The third-order valence-electron chi connectivity index (χ3n) is 2.62. The Morgan fingerprint density at radius 3 is 3.00 bits per heavy atom. The van der Waals surface area contributed by atoms with Crippen LogP contribution in [0.25, 0.3) is 0 Å². The Labute approximate surface area is 121 Å². The van der Waals surface area contributed by atoms with Crippen LogP contribution in [0.1, 0.15) is 21.6 Å². The average molecular weight is 282 g/mol. The number of amides is 1. The third-order valence-corrected chi connectivity index (χ3v) is 2.62. The molecule has 0 saturated heterocycles. The van der Waals surface area contributed by atoms with Gasteiger partial charge in [-0.2, -0.15) is 0 Å². The van der Waals surface area contributed by atoms with E-state index >= 15 is 0 Å². The molecular formula is C15H14N4O2. The van der Waals surface area contributed by atoms with Crippen molar-refractivity contribution in [3.63, 3.8) is 0 Å². The lowest BCUT2D eigenvalue weighted by atomic mass is 10.1. The predicted molar refractivity (Wildman–Crippen MR) is 78.4 cm³/mol. The number of H-pyrrole nitrogens is 1. The van der Waals surface area contributed by atoms with E-state index in [0.29, 0.717) is 13.1 Å². The first-order valence-electron chi connectivity index (χ1n) is 6.30. The largest absolute Gasteiger partial charge is 0.347 e. The number of nitrogens with two attached hydrogens (primary N) is 1. The quantitative estimate of drug-likeness (QED) is 0.690. The van der Waals surface area contributed by atoms with Gasteiger partial charge in [-0.15, -0.1) is 0 Å². The van der Waals surface area contributed by atoms with Gasteiger partial charge in [0.05, 0.1) is 12.7 Å². The van der Waals surface area contributed by atoms with Crippen molar-refractivity contribution in [2.24, 2.45) is 5.73 Å². The molecule has 0 aliphatic rings. The predicted octanol–water partition coefficient (Wildman–Crippen LogP) is 0.0101. The fourth-order valence-electron chi connectivity index (χ4n) is 1.65. The van der Waals surface area contributed by atoms with Gasteiger partial charge in [0.15, 0.2) is 0 Å². The molecule has 2 aromatic rings. The minimum atomic E-state index is -0.357. The number of carbonyl (C=O) groups excluding carboxylic acids is 1. The molecule has 0 fully saturated rings. The van der Waals surface area contributed by atoms with Crippen LogP contribution in [-0.2, 0) is 6.54 Å². The number of hydrogen-bond acceptors (Lipinski definition) is 4. The summed E-state index contributed by atoms with van der Waals surface area (Å²) in [5.41, 5.74) is 6.89. The maximum Gasteiger partial charge on any atom is 0.271 e. The Bertz CT molecular complexity index is 736. The van der Waals surface area contributed by atoms with Crippen LogP contribution in [0.4, 0.5) is 0 Å². The molecule has 1 aromatic heterocycles. The van der Waals surface area contributed by atoms with E-state index in [2.05, 4.69) is 27.1 Å². The van der Waals surface area contributed by atoms with Crippen LogP contribution in [-0.4, -0.2) is 22.4 Å². The molecular weight excluding hydrogens is 268 g/mol. The van der Waals surface area contributed by atoms with E-state index < -0.39 is 0 Å². The summed E-state index contributed by atoms with van der Waals surface area (Å²) in [6.45, 7) is 0.649. The number of hydrogen-bond donors (Lipinski definition) is 3. The van der Waals surface area contributed by atoms with Crippen molar-refractivity contribution in [2.45, 2.75) is 6.54 Å². The van der Waals surface area contributed by atoms with E-state index in [1.807, 2.05) is 24.3 Å². The zero-order valence-corrected chi connectivity index (χ0v) is 11.2. The van der Waals surface area contributed by atoms with Gasteiger partial charge in [-0.05, 0) is 17.7 Å². The molecule has 6 nitrogen and oxygen atoms in total. The highest BCUT2D eigenvalue weighted by molar-refractivity contribution is 5.91. The van der Waals surface area contributed by atoms with Gasteiger partial charge >= 0.3 is 0 Å². The van der Waals surface area contributed by atoms with Crippen molar-refractivity contribution in [3.8, 4) is 11.8 Å². The molecule has 0 saturated carbocycles. The van der Waals surface area contributed by atoms with E-state index in [4.69, 9.17) is 5.73 Å². The van der Waals surface area contributed by atoms with Gasteiger partial charge in [-0.1, -0.05) is 24.0 Å². The first-order valence-corrected chi connectivity index (χ1v) is 6.30. The number of carbonyl (C=O) groups is 1. The second-order valence-electron chi connectivity index (χ2n) is 4.19. The molecule has 0 unspecified atom stereocenters. The van der Waals surface area contributed by atoms with Crippen LogP contribution in [0.2, 0.25) is 0 Å². The van der Waals surface area contributed by atoms with Gasteiger partial charge in [0, 0.05) is 18.3 Å². The number of aromatic nitrogens is 2. The zero-order chi connectivity index (χ0) is 15.1. The summed E-state index contributed by atoms with van der Waals surface area (Å²) < 4.78 is 0. The van der Waals surface area contributed by atoms with Crippen LogP contribution in [0, 0.1) is 11.8 Å². The monoisotopic (exact) mass is 282 g/mol. The van der Waals surface area contributed by atoms with E-state index in [1.54, 1.807) is 0 Å². The lowest BCUT2D eigenvalue weighted by Gasteiger charge is -2.05. The van der Waals surface area contributed by atoms with E-state index in [1.165, 1.54) is 6.20 Å². The van der Waals surface area contributed by atoms with Crippen molar-refractivity contribution in [3.05, 3.63) is 63.8 Å². The second kappa shape index (κ2) is 7.03. The highest BCUT2D eigenvalue weighted by Gasteiger charge is 2.06. The number of benzene rings is 1. The number of rotatable bonds is 3. The SMILES string of the molecule is NCC#Cc1cccc(CNC(=O)c2c[nH]c(=O)cn2)c1. The standard InChI is InChI=1S/C15H14N4O2/c16-6-2-5-11-3-1-4-12(7-11)8-19-15(21)13-9-18-14(20)10-17-13/h1,3-4,7,9-10H,6,8,16H2,(H,18,20)(H,19,21). The first kappa shape index (κ1) is 14.5. The minimum absolute atomic E-state index is 0.161. The van der Waals surface area contributed by atoms with Gasteiger partial charge in [0.25, 0.3) is 11.5 Å². The van der Waals surface area contributed by atoms with Gasteiger partial charge in [-0.3, -0.25) is 9.59 Å². The van der Waals surface area contributed by atoms with Crippen LogP contribution in [0.3, 0.4) is 0 Å². The summed E-state index contributed by atoms with van der Waals surface area (Å²) in [4.78, 5) is 28.9. The molecule has 1 aromatic carbocycles. The summed E-state index contributed by atoms with van der Waals surface area (Å²) in [5, 5.41) is 2.72. The normalized spacial score (nSPS) is 9.57. The van der Waals surface area contributed by atoms with Crippen molar-refractivity contribution >= 4 is 5.91 Å². The van der Waals surface area contributed by atoms with Gasteiger partial charge < -0.3 is 16.0 Å². The highest BCUT2D eigenvalue weighted by atomic mass is 16.2. The minimum Gasteiger partial charge on any atom is -0.347 e. The second-order valence-corrected chi connectivity index (χ2v) is 4.19. The molecule has 106 valence electrons. The lowest BCUT2D eigenvalue weighted by molar-refractivity contribution is 0.0945.